The molecule has 0 bridgehead atoms. The number of hydrogen-bond donors (Lipinski definition) is 6. The molecule has 0 unspecified atom stereocenters. The van der Waals surface area contributed by atoms with E-state index < -0.39 is 190 Å². The number of hydrogen-bond acceptors (Lipinski definition) is 22. The second-order valence-electron chi connectivity index (χ2n) is 31.6. The van der Waals surface area contributed by atoms with E-state index >= 15 is 8.78 Å². The number of nitrogens with one attached hydrogen (secondary N) is 5. The van der Waals surface area contributed by atoms with E-state index in [0.717, 1.165) is 53.9 Å². The second kappa shape index (κ2) is 40.2. The van der Waals surface area contributed by atoms with Crippen LogP contribution in [0.25, 0.3) is 66.1 Å². The van der Waals surface area contributed by atoms with Gasteiger partial charge in [0, 0.05) is 161 Å². The van der Waals surface area contributed by atoms with E-state index in [4.69, 9.17) is 9.47 Å². The number of anilines is 3. The Kier molecular flexibility index (Phi) is 29.9. The molecule has 6 aromatic carbocycles. The number of aryl methyl sites for hydroxylation is 1. The van der Waals surface area contributed by atoms with Crippen molar-refractivity contribution >= 4 is 95.2 Å². The summed E-state index contributed by atoms with van der Waals surface area (Å²) in [5.41, 5.74) is -2.46. The molecule has 135 heavy (non-hydrogen) atoms. The van der Waals surface area contributed by atoms with Gasteiger partial charge in [0.2, 0.25) is 0 Å². The molecule has 6 aromatic heterocycles. The van der Waals surface area contributed by atoms with Crippen LogP contribution in [0, 0.1) is 48.8 Å². The number of sulfone groups is 1. The SMILES string of the molecule is COC(=O)[C@H](Cc1ccc(-c2c(C)n(C)c(=O)n(C)c2=O)c2ncccc12)NC(=O)c1c(F)cc(N[C@H](C)C(F)(F)F)cc1F.COC(=O)[C@H](Cc1ccc(-c2cn(C)c(=O)n(C)c2=O)c2ncccc12)NC(=O)c1c(F)cc(N[C@H](C)C(F)(F)F)cc1F.Cc1c(-c2ccc(C[C@H](NC(=O)c3c(F)cc(N4CCS(=O)(=O)[C@@H](C)C4)cc3F)C(=O)O)c3cccnc23)c(=O)n(C)c(=O)n1C. The summed E-state index contributed by atoms with van der Waals surface area (Å²) in [6, 6.07) is 14.4. The third-order valence-electron chi connectivity index (χ3n) is 22.9. The number of aromatic nitrogens is 9. The molecule has 7 heterocycles. The number of carbonyl (C=O) groups is 6. The highest BCUT2D eigenvalue weighted by molar-refractivity contribution is 7.92. The minimum atomic E-state index is -4.69. The van der Waals surface area contributed by atoms with Crippen molar-refractivity contribution in [1.82, 2.24) is 58.3 Å². The maximum atomic E-state index is 15.2. The van der Waals surface area contributed by atoms with E-state index in [0.29, 0.717) is 102 Å². The number of esters is 2. The number of aliphatic carboxylic acids is 1. The minimum Gasteiger partial charge on any atom is -0.480 e. The van der Waals surface area contributed by atoms with Crippen LogP contribution in [0.5, 0.6) is 0 Å². The van der Waals surface area contributed by atoms with Gasteiger partial charge in [-0.25, -0.2) is 63.5 Å². The van der Waals surface area contributed by atoms with Crippen molar-refractivity contribution in [2.24, 2.45) is 42.3 Å². The van der Waals surface area contributed by atoms with Crippen LogP contribution in [0.2, 0.25) is 0 Å². The molecule has 0 aliphatic carbocycles. The molecule has 712 valence electrons. The third-order valence-corrected chi connectivity index (χ3v) is 25.0. The highest BCUT2D eigenvalue weighted by Gasteiger charge is 2.40. The molecule has 6 atom stereocenters. The molecule has 6 N–H and O–H groups in total. The quantitative estimate of drug-likeness (QED) is 0.0256. The highest BCUT2D eigenvalue weighted by atomic mass is 32.2. The summed E-state index contributed by atoms with van der Waals surface area (Å²) in [6.07, 6.45) is -4.33. The van der Waals surface area contributed by atoms with Gasteiger partial charge in [0.25, 0.3) is 34.4 Å². The van der Waals surface area contributed by atoms with E-state index in [1.807, 2.05) is 10.6 Å². The van der Waals surface area contributed by atoms with E-state index in [2.05, 4.69) is 30.9 Å². The van der Waals surface area contributed by atoms with Crippen molar-refractivity contribution in [3.63, 3.8) is 0 Å². The van der Waals surface area contributed by atoms with Crippen LogP contribution in [0.3, 0.4) is 0 Å². The molecule has 1 fully saturated rings. The van der Waals surface area contributed by atoms with Gasteiger partial charge in [0.1, 0.15) is 81.8 Å². The normalized spacial score (nSPS) is 14.2. The molecule has 1 saturated heterocycles. The Bertz CT molecular complexity index is 7250. The van der Waals surface area contributed by atoms with Crippen LogP contribution in [-0.4, -0.2) is 172 Å². The lowest BCUT2D eigenvalue weighted by Gasteiger charge is -2.32. The number of carboxylic acid groups (broad SMARTS) is 1. The average molecular weight is 1910 g/mol. The first-order valence-corrected chi connectivity index (χ1v) is 42.4. The summed E-state index contributed by atoms with van der Waals surface area (Å²) in [5.74, 6) is -15.8. The van der Waals surface area contributed by atoms with Gasteiger partial charge in [-0.15, -0.1) is 0 Å². The number of amides is 3. The second-order valence-corrected chi connectivity index (χ2v) is 34.1. The zero-order chi connectivity index (χ0) is 99.5. The number of carbonyl (C=O) groups excluding carboxylic acids is 5. The van der Waals surface area contributed by atoms with E-state index in [-0.39, 0.29) is 60.5 Å². The van der Waals surface area contributed by atoms with Gasteiger partial charge in [0.15, 0.2) is 9.84 Å². The summed E-state index contributed by atoms with van der Waals surface area (Å²) in [4.78, 5) is 167. The Morgan fingerprint density at radius 3 is 1.16 bits per heavy atom. The van der Waals surface area contributed by atoms with Gasteiger partial charge in [-0.2, -0.15) is 26.3 Å². The van der Waals surface area contributed by atoms with Gasteiger partial charge >= 0.3 is 47.3 Å². The highest BCUT2D eigenvalue weighted by Crippen LogP contribution is 2.36. The molecule has 3 amide bonds. The maximum absolute atomic E-state index is 15.2. The predicted octanol–water partition coefficient (Wildman–Crippen LogP) is 9.15. The maximum Gasteiger partial charge on any atom is 0.408 e. The van der Waals surface area contributed by atoms with Gasteiger partial charge in [-0.3, -0.25) is 57.4 Å². The first-order chi connectivity index (χ1) is 63.3. The lowest BCUT2D eigenvalue weighted by molar-refractivity contribution is -0.143. The summed E-state index contributed by atoms with van der Waals surface area (Å²) < 4.78 is 207. The van der Waals surface area contributed by atoms with Crippen molar-refractivity contribution < 1.29 is 104 Å². The molecular formula is C90H85F12N15O17S. The molecule has 0 saturated carbocycles. The molecule has 45 heteroatoms. The number of fused-ring (bicyclic) bond motifs is 3. The molecule has 1 aliphatic heterocycles. The number of benzene rings is 6. The summed E-state index contributed by atoms with van der Waals surface area (Å²) >= 11 is 0. The smallest absolute Gasteiger partial charge is 0.408 e. The first-order valence-electron chi connectivity index (χ1n) is 40.6. The topological polar surface area (TPSA) is 409 Å². The van der Waals surface area contributed by atoms with E-state index in [1.165, 1.54) is 92.6 Å². The zero-order valence-corrected chi connectivity index (χ0v) is 74.6. The zero-order valence-electron chi connectivity index (χ0n) is 73.8. The van der Waals surface area contributed by atoms with Crippen molar-refractivity contribution in [3.05, 3.63) is 276 Å². The van der Waals surface area contributed by atoms with Crippen molar-refractivity contribution in [2.75, 3.05) is 48.6 Å². The van der Waals surface area contributed by atoms with Crippen LogP contribution in [0.1, 0.15) is 79.9 Å². The summed E-state index contributed by atoms with van der Waals surface area (Å²) in [6.45, 7) is 6.29. The Hall–Kier alpha value is -15.1. The fourth-order valence-electron chi connectivity index (χ4n) is 15.1. The summed E-state index contributed by atoms with van der Waals surface area (Å²) in [7, 11) is 7.36. The van der Waals surface area contributed by atoms with Crippen LogP contribution in [-0.2, 0) is 95.2 Å². The fourth-order valence-corrected chi connectivity index (χ4v) is 16.4. The number of alkyl halides is 6. The molecule has 0 spiro atoms. The Labute approximate surface area is 756 Å². The van der Waals surface area contributed by atoms with E-state index in [9.17, 15) is 115 Å². The van der Waals surface area contributed by atoms with Gasteiger partial charge in [-0.05, 0) is 106 Å². The Balaban J connectivity index is 0.000000195. The molecule has 13 rings (SSSR count). The number of rotatable bonds is 23. The largest absolute Gasteiger partial charge is 0.480 e. The third kappa shape index (κ3) is 21.2. The van der Waals surface area contributed by atoms with Crippen molar-refractivity contribution in [1.29, 1.82) is 0 Å². The Morgan fingerprint density at radius 1 is 0.474 bits per heavy atom. The van der Waals surface area contributed by atoms with Crippen LogP contribution < -0.4 is 65.2 Å². The standard InChI is InChI=1S/C31H31F2N5O7S.C30H28F5N5O5.C29H26F5N5O5/c1-16-15-38(10-11-46(16,44)45)19-13-22(32)26(23(33)14-19)28(39)35-24(30(41)42)12-18-7-8-21(27-20(18)6-5-9-34-27)25-17(2)36(3)31(43)37(4)29(25)40;1-14-23(27(42)40(4)29(44)39(14)3)19-9-8-16(18-7-6-10-36-25(18)19)11-22(28(43)45-5)38-26(41)24-20(31)12-17(13-21(24)32)37-15(2)30(33,34)35;1-14(29(32,33)34)36-16-11-20(30)23(21(31)12-16)25(40)37-22(27(42)44-4)10-15-7-8-18(24-17(15)6-5-9-35-24)19-13-38(2)28(43)39(3)26(19)41/h5-9,13-14,16,24H,10-12,15H2,1-4H3,(H,35,39)(H,41,42);6-10,12-13,15,22,37H,11H2,1-5H3,(H,38,41);5-9,11-14,22,36H,10H2,1-4H3,(H,37,40)/t16-,24-;15-,22+;14-,22+/m011/s1. The van der Waals surface area contributed by atoms with Crippen molar-refractivity contribution in [2.45, 2.75) is 102 Å². The Morgan fingerprint density at radius 2 is 0.807 bits per heavy atom. The van der Waals surface area contributed by atoms with Crippen LogP contribution in [0.15, 0.2) is 163 Å². The van der Waals surface area contributed by atoms with Crippen LogP contribution in [0.4, 0.5) is 69.7 Å². The fraction of sp³-hybridized carbons (Fsp3) is 0.300. The number of pyridine rings is 3. The van der Waals surface area contributed by atoms with E-state index in [1.54, 1.807) is 86.6 Å². The molecular weight excluding hydrogens is 1820 g/mol. The lowest BCUT2D eigenvalue weighted by Crippen LogP contribution is -2.45. The average Bonchev–Trinajstić information content (AvgIpc) is 0.751. The number of halogens is 12. The van der Waals surface area contributed by atoms with Gasteiger partial charge < -0.3 is 59.8 Å². The molecule has 1 aliphatic rings. The van der Waals surface area contributed by atoms with Gasteiger partial charge in [-0.1, -0.05) is 54.6 Å². The van der Waals surface area contributed by atoms with Crippen LogP contribution >= 0.6 is 0 Å². The molecule has 0 radical (unpaired) electrons. The minimum absolute atomic E-state index is 0.0198. The number of nitrogens with zero attached hydrogens (tertiary/aromatic N) is 10. The van der Waals surface area contributed by atoms with Crippen molar-refractivity contribution in [3.8, 4) is 33.4 Å². The lowest BCUT2D eigenvalue weighted by atomic mass is 9.95. The van der Waals surface area contributed by atoms with Gasteiger partial charge in [0.05, 0.1) is 58.5 Å². The number of methoxy groups -OCH3 is 2. The summed E-state index contributed by atoms with van der Waals surface area (Å²) in [5, 5.41) is 21.2. The number of ether oxygens (including phenoxy) is 2. The first kappa shape index (κ1) is 100. The monoisotopic (exact) mass is 1910 g/mol. The predicted molar refractivity (Wildman–Crippen MR) is 472 cm³/mol. The number of carboxylic acids is 1. The molecule has 32 nitrogen and oxygen atoms in total. The molecule has 12 aromatic rings.